The zero-order valence-electron chi connectivity index (χ0n) is 10.6. The number of benzene rings is 1. The molecule has 0 unspecified atom stereocenters. The number of hydrogen-bond acceptors (Lipinski definition) is 3. The summed E-state index contributed by atoms with van der Waals surface area (Å²) in [5.41, 5.74) is 6.15. The van der Waals surface area contributed by atoms with E-state index in [4.69, 9.17) is 10.5 Å². The lowest BCUT2D eigenvalue weighted by atomic mass is 10.0. The summed E-state index contributed by atoms with van der Waals surface area (Å²) in [5, 5.41) is 2.61. The third-order valence-electron chi connectivity index (χ3n) is 2.44. The van der Waals surface area contributed by atoms with Crippen LogP contribution in [0.4, 0.5) is 10.1 Å². The third-order valence-corrected chi connectivity index (χ3v) is 2.44. The van der Waals surface area contributed by atoms with Gasteiger partial charge in [0.25, 0.3) is 0 Å². The third kappa shape index (κ3) is 4.16. The molecule has 6 heteroatoms. The van der Waals surface area contributed by atoms with Crippen molar-refractivity contribution in [2.45, 2.75) is 19.9 Å². The molecule has 0 saturated heterocycles. The maximum Gasteiger partial charge on any atom is 0.241 e. The summed E-state index contributed by atoms with van der Waals surface area (Å²) in [4.78, 5) is 11.7. The van der Waals surface area contributed by atoms with Crippen LogP contribution < -0.4 is 15.8 Å². The molecule has 1 atom stereocenters. The molecule has 1 amide bonds. The molecule has 0 fully saturated rings. The number of ether oxygens (including phenoxy) is 1. The Kier molecular flexibility index (Phi) is 6.65. The van der Waals surface area contributed by atoms with E-state index >= 15 is 0 Å². The van der Waals surface area contributed by atoms with E-state index in [1.165, 1.54) is 25.3 Å². The fourth-order valence-electron chi connectivity index (χ4n) is 1.27. The average molecular weight is 277 g/mol. The van der Waals surface area contributed by atoms with E-state index < -0.39 is 11.9 Å². The molecule has 1 aromatic rings. The molecular formula is C12H18ClFN2O2. The van der Waals surface area contributed by atoms with Crippen LogP contribution in [-0.4, -0.2) is 19.1 Å². The van der Waals surface area contributed by atoms with Crippen molar-refractivity contribution in [3.8, 4) is 5.75 Å². The van der Waals surface area contributed by atoms with Gasteiger partial charge in [-0.3, -0.25) is 4.79 Å². The van der Waals surface area contributed by atoms with Crippen LogP contribution in [0.5, 0.6) is 5.75 Å². The van der Waals surface area contributed by atoms with Crippen molar-refractivity contribution in [3.63, 3.8) is 0 Å². The second-order valence-electron chi connectivity index (χ2n) is 4.11. The lowest BCUT2D eigenvalue weighted by molar-refractivity contribution is -0.118. The van der Waals surface area contributed by atoms with E-state index in [0.717, 1.165) is 0 Å². The molecule has 0 heterocycles. The van der Waals surface area contributed by atoms with E-state index in [9.17, 15) is 9.18 Å². The highest BCUT2D eigenvalue weighted by atomic mass is 35.5. The average Bonchev–Trinajstić information content (AvgIpc) is 2.30. The highest BCUT2D eigenvalue weighted by Crippen LogP contribution is 2.21. The molecule has 0 saturated carbocycles. The first-order chi connectivity index (χ1) is 7.95. The molecule has 3 N–H and O–H groups in total. The normalized spacial score (nSPS) is 11.7. The van der Waals surface area contributed by atoms with Crippen molar-refractivity contribution in [2.75, 3.05) is 12.4 Å². The Morgan fingerprint density at radius 2 is 2.06 bits per heavy atom. The van der Waals surface area contributed by atoms with Crippen LogP contribution >= 0.6 is 12.4 Å². The number of rotatable bonds is 4. The number of methoxy groups -OCH3 is 1. The van der Waals surface area contributed by atoms with Gasteiger partial charge < -0.3 is 15.8 Å². The predicted octanol–water partition coefficient (Wildman–Crippen LogP) is 2.18. The van der Waals surface area contributed by atoms with Gasteiger partial charge >= 0.3 is 0 Å². The first-order valence-electron chi connectivity index (χ1n) is 5.35. The number of halogens is 2. The minimum absolute atomic E-state index is 0. The Morgan fingerprint density at radius 1 is 1.44 bits per heavy atom. The van der Waals surface area contributed by atoms with Gasteiger partial charge in [-0.1, -0.05) is 13.8 Å². The molecule has 4 nitrogen and oxygen atoms in total. The lowest BCUT2D eigenvalue weighted by Gasteiger charge is -2.15. The largest absolute Gasteiger partial charge is 0.494 e. The monoisotopic (exact) mass is 276 g/mol. The van der Waals surface area contributed by atoms with Crippen LogP contribution in [0.15, 0.2) is 18.2 Å². The highest BCUT2D eigenvalue weighted by molar-refractivity contribution is 5.95. The molecule has 102 valence electrons. The molecule has 0 aliphatic carbocycles. The van der Waals surface area contributed by atoms with Crippen LogP contribution in [0.1, 0.15) is 13.8 Å². The van der Waals surface area contributed by atoms with E-state index in [-0.39, 0.29) is 30.0 Å². The molecule has 1 aromatic carbocycles. The molecule has 0 aromatic heterocycles. The smallest absolute Gasteiger partial charge is 0.241 e. The Bertz CT molecular complexity index is 413. The molecule has 18 heavy (non-hydrogen) atoms. The molecule has 0 aliphatic rings. The molecule has 0 spiro atoms. The zero-order valence-corrected chi connectivity index (χ0v) is 11.4. The van der Waals surface area contributed by atoms with Gasteiger partial charge in [-0.15, -0.1) is 12.4 Å². The standard InChI is InChI=1S/C12H17FN2O2.ClH/c1-7(2)11(14)12(16)15-8-4-5-9(13)10(6-8)17-3;/h4-7,11H,14H2,1-3H3,(H,15,16);1H/t11-;/m0./s1. The number of nitrogens with two attached hydrogens (primary N) is 1. The SMILES string of the molecule is COc1cc(NC(=O)[C@@H](N)C(C)C)ccc1F.Cl. The van der Waals surface area contributed by atoms with Gasteiger partial charge in [0.1, 0.15) is 0 Å². The molecular weight excluding hydrogens is 259 g/mol. The topological polar surface area (TPSA) is 64.3 Å². The first-order valence-corrected chi connectivity index (χ1v) is 5.35. The summed E-state index contributed by atoms with van der Waals surface area (Å²) in [7, 11) is 1.36. The summed E-state index contributed by atoms with van der Waals surface area (Å²) >= 11 is 0. The van der Waals surface area contributed by atoms with Crippen LogP contribution in [0.3, 0.4) is 0 Å². The maximum atomic E-state index is 13.1. The van der Waals surface area contributed by atoms with Crippen LogP contribution in [0.2, 0.25) is 0 Å². The quantitative estimate of drug-likeness (QED) is 0.886. The molecule has 1 rings (SSSR count). The highest BCUT2D eigenvalue weighted by Gasteiger charge is 2.17. The fraction of sp³-hybridized carbons (Fsp3) is 0.417. The van der Waals surface area contributed by atoms with Gasteiger partial charge in [-0.05, 0) is 18.1 Å². The fourth-order valence-corrected chi connectivity index (χ4v) is 1.27. The summed E-state index contributed by atoms with van der Waals surface area (Å²) in [6.45, 7) is 3.71. The van der Waals surface area contributed by atoms with E-state index in [2.05, 4.69) is 5.32 Å². The number of anilines is 1. The maximum absolute atomic E-state index is 13.1. The van der Waals surface area contributed by atoms with Crippen molar-refractivity contribution in [3.05, 3.63) is 24.0 Å². The molecule has 0 bridgehead atoms. The number of carbonyl (C=O) groups is 1. The van der Waals surface area contributed by atoms with Gasteiger partial charge in [0.15, 0.2) is 11.6 Å². The zero-order chi connectivity index (χ0) is 13.0. The molecule has 0 aliphatic heterocycles. The van der Waals surface area contributed by atoms with Crippen LogP contribution in [0, 0.1) is 11.7 Å². The van der Waals surface area contributed by atoms with Crippen molar-refractivity contribution in [1.29, 1.82) is 0 Å². The number of carbonyl (C=O) groups excluding carboxylic acids is 1. The second kappa shape index (κ2) is 7.18. The summed E-state index contributed by atoms with van der Waals surface area (Å²) < 4.78 is 17.9. The van der Waals surface area contributed by atoms with Gasteiger partial charge in [0.05, 0.1) is 13.2 Å². The van der Waals surface area contributed by atoms with Crippen molar-refractivity contribution < 1.29 is 13.9 Å². The van der Waals surface area contributed by atoms with Crippen molar-refractivity contribution in [1.82, 2.24) is 0 Å². The Labute approximate surface area is 112 Å². The summed E-state index contributed by atoms with van der Waals surface area (Å²) in [5.74, 6) is -0.648. The lowest BCUT2D eigenvalue weighted by Crippen LogP contribution is -2.39. The number of amides is 1. The number of nitrogens with one attached hydrogen (secondary N) is 1. The number of hydrogen-bond donors (Lipinski definition) is 2. The molecule has 0 radical (unpaired) electrons. The van der Waals surface area contributed by atoms with E-state index in [0.29, 0.717) is 5.69 Å². The van der Waals surface area contributed by atoms with Gasteiger partial charge in [-0.2, -0.15) is 0 Å². The minimum Gasteiger partial charge on any atom is -0.494 e. The van der Waals surface area contributed by atoms with Gasteiger partial charge in [-0.25, -0.2) is 4.39 Å². The van der Waals surface area contributed by atoms with Crippen LogP contribution in [0.25, 0.3) is 0 Å². The first kappa shape index (κ1) is 16.7. The van der Waals surface area contributed by atoms with Crippen molar-refractivity contribution in [2.24, 2.45) is 11.7 Å². The van der Waals surface area contributed by atoms with E-state index in [1.807, 2.05) is 13.8 Å². The van der Waals surface area contributed by atoms with Crippen LogP contribution in [-0.2, 0) is 4.79 Å². The summed E-state index contributed by atoms with van der Waals surface area (Å²) in [6.07, 6.45) is 0. The summed E-state index contributed by atoms with van der Waals surface area (Å²) in [6, 6.07) is 3.52. The van der Waals surface area contributed by atoms with Crippen molar-refractivity contribution >= 4 is 24.0 Å². The Balaban J connectivity index is 0.00000289. The van der Waals surface area contributed by atoms with Gasteiger partial charge in [0.2, 0.25) is 5.91 Å². The second-order valence-corrected chi connectivity index (χ2v) is 4.11. The minimum atomic E-state index is -0.592. The predicted molar refractivity (Wildman–Crippen MR) is 71.6 cm³/mol. The van der Waals surface area contributed by atoms with E-state index in [1.54, 1.807) is 0 Å². The van der Waals surface area contributed by atoms with Gasteiger partial charge in [0, 0.05) is 11.8 Å². The Hall–Kier alpha value is -1.33. The Morgan fingerprint density at radius 3 is 2.56 bits per heavy atom.